The SMILES string of the molecule is CC(C)(C)OC(=O)N1CC[C@H](CNc2ncccc2O)C1. The average molecular weight is 293 g/mol. The fraction of sp³-hybridized carbons (Fsp3) is 0.600. The molecule has 2 heterocycles. The van der Waals surface area contributed by atoms with Crippen LogP contribution < -0.4 is 5.32 Å². The molecular weight excluding hydrogens is 270 g/mol. The second-order valence-electron chi connectivity index (χ2n) is 6.33. The Morgan fingerprint density at radius 1 is 1.57 bits per heavy atom. The Morgan fingerprint density at radius 3 is 3.00 bits per heavy atom. The van der Waals surface area contributed by atoms with Crippen molar-refractivity contribution in [2.24, 2.45) is 5.92 Å². The molecule has 1 amide bonds. The Morgan fingerprint density at radius 2 is 2.33 bits per heavy atom. The van der Waals surface area contributed by atoms with Crippen LogP contribution in [-0.4, -0.2) is 46.3 Å². The van der Waals surface area contributed by atoms with Gasteiger partial charge >= 0.3 is 6.09 Å². The minimum absolute atomic E-state index is 0.138. The molecule has 0 unspecified atom stereocenters. The molecule has 0 radical (unpaired) electrons. The van der Waals surface area contributed by atoms with E-state index in [9.17, 15) is 9.90 Å². The third-order valence-electron chi connectivity index (χ3n) is 3.28. The summed E-state index contributed by atoms with van der Waals surface area (Å²) < 4.78 is 5.37. The summed E-state index contributed by atoms with van der Waals surface area (Å²) in [5.74, 6) is 0.951. The summed E-state index contributed by atoms with van der Waals surface area (Å²) in [7, 11) is 0. The molecule has 1 aromatic heterocycles. The fourth-order valence-corrected chi connectivity index (χ4v) is 2.27. The Bertz CT molecular complexity index is 499. The highest BCUT2D eigenvalue weighted by Crippen LogP contribution is 2.22. The third kappa shape index (κ3) is 4.51. The second-order valence-corrected chi connectivity index (χ2v) is 6.33. The highest BCUT2D eigenvalue weighted by molar-refractivity contribution is 5.68. The number of amides is 1. The number of aromatic nitrogens is 1. The lowest BCUT2D eigenvalue weighted by Gasteiger charge is -2.24. The summed E-state index contributed by atoms with van der Waals surface area (Å²) in [6.07, 6.45) is 2.29. The first-order chi connectivity index (χ1) is 9.85. The number of anilines is 1. The molecule has 1 saturated heterocycles. The smallest absolute Gasteiger partial charge is 0.410 e. The Hall–Kier alpha value is -1.98. The summed E-state index contributed by atoms with van der Waals surface area (Å²) in [5, 5.41) is 12.8. The number of carbonyl (C=O) groups is 1. The fourth-order valence-electron chi connectivity index (χ4n) is 2.27. The van der Waals surface area contributed by atoms with E-state index in [2.05, 4.69) is 10.3 Å². The number of aromatic hydroxyl groups is 1. The summed E-state index contributed by atoms with van der Waals surface area (Å²) in [5.41, 5.74) is -0.465. The Balaban J connectivity index is 1.80. The van der Waals surface area contributed by atoms with E-state index in [-0.39, 0.29) is 11.8 Å². The zero-order valence-corrected chi connectivity index (χ0v) is 12.8. The molecule has 2 N–H and O–H groups in total. The first-order valence-electron chi connectivity index (χ1n) is 7.21. The van der Waals surface area contributed by atoms with Crippen LogP contribution in [0.4, 0.5) is 10.6 Å². The number of carbonyl (C=O) groups excluding carboxylic acids is 1. The molecule has 6 nitrogen and oxygen atoms in total. The highest BCUT2D eigenvalue weighted by atomic mass is 16.6. The number of pyridine rings is 1. The van der Waals surface area contributed by atoms with Gasteiger partial charge in [-0.2, -0.15) is 0 Å². The predicted molar refractivity (Wildman–Crippen MR) is 80.3 cm³/mol. The molecule has 6 heteroatoms. The van der Waals surface area contributed by atoms with Crippen LogP contribution >= 0.6 is 0 Å². The number of ether oxygens (including phenoxy) is 1. The minimum atomic E-state index is -0.465. The van der Waals surface area contributed by atoms with Gasteiger partial charge in [-0.05, 0) is 45.2 Å². The monoisotopic (exact) mass is 293 g/mol. The summed E-state index contributed by atoms with van der Waals surface area (Å²) in [6, 6.07) is 3.28. The molecule has 1 aliphatic rings. The zero-order chi connectivity index (χ0) is 15.5. The first kappa shape index (κ1) is 15.4. The van der Waals surface area contributed by atoms with E-state index in [4.69, 9.17) is 4.74 Å². The lowest BCUT2D eigenvalue weighted by Crippen LogP contribution is -2.35. The van der Waals surface area contributed by atoms with Gasteiger partial charge in [0.25, 0.3) is 0 Å². The molecule has 0 aromatic carbocycles. The van der Waals surface area contributed by atoms with Crippen molar-refractivity contribution in [2.75, 3.05) is 25.0 Å². The van der Waals surface area contributed by atoms with Crippen LogP contribution in [0, 0.1) is 5.92 Å². The number of likely N-dealkylation sites (tertiary alicyclic amines) is 1. The van der Waals surface area contributed by atoms with Crippen molar-refractivity contribution in [1.82, 2.24) is 9.88 Å². The molecule has 1 aromatic rings. The van der Waals surface area contributed by atoms with Crippen molar-refractivity contribution >= 4 is 11.9 Å². The molecular formula is C15H23N3O3. The molecule has 1 fully saturated rings. The van der Waals surface area contributed by atoms with Crippen LogP contribution in [-0.2, 0) is 4.74 Å². The zero-order valence-electron chi connectivity index (χ0n) is 12.8. The standard InChI is InChI=1S/C15H23N3O3/c1-15(2,3)21-14(20)18-8-6-11(10-18)9-17-13-12(19)5-4-7-16-13/h4-5,7,11,19H,6,8-10H2,1-3H3,(H,16,17)/t11-/m1/s1. The van der Waals surface area contributed by atoms with Gasteiger partial charge in [0.1, 0.15) is 5.60 Å². The number of rotatable bonds is 3. The van der Waals surface area contributed by atoms with E-state index in [1.54, 1.807) is 23.2 Å². The molecule has 1 aliphatic heterocycles. The Labute approximate surface area is 125 Å². The van der Waals surface area contributed by atoms with Crippen LogP contribution in [0.5, 0.6) is 5.75 Å². The number of hydrogen-bond acceptors (Lipinski definition) is 5. The maximum Gasteiger partial charge on any atom is 0.410 e. The average Bonchev–Trinajstić information content (AvgIpc) is 2.85. The number of nitrogens with zero attached hydrogens (tertiary/aromatic N) is 2. The molecule has 21 heavy (non-hydrogen) atoms. The quantitative estimate of drug-likeness (QED) is 0.895. The summed E-state index contributed by atoms with van der Waals surface area (Å²) >= 11 is 0. The van der Waals surface area contributed by atoms with Crippen molar-refractivity contribution in [3.8, 4) is 5.75 Å². The first-order valence-corrected chi connectivity index (χ1v) is 7.21. The minimum Gasteiger partial charge on any atom is -0.504 e. The maximum absolute atomic E-state index is 12.0. The third-order valence-corrected chi connectivity index (χ3v) is 3.28. The molecule has 2 rings (SSSR count). The maximum atomic E-state index is 12.0. The van der Waals surface area contributed by atoms with Crippen LogP contribution in [0.25, 0.3) is 0 Å². The molecule has 1 atom stereocenters. The van der Waals surface area contributed by atoms with E-state index in [1.165, 1.54) is 0 Å². The van der Waals surface area contributed by atoms with Crippen molar-refractivity contribution in [3.05, 3.63) is 18.3 Å². The molecule has 116 valence electrons. The van der Waals surface area contributed by atoms with Crippen molar-refractivity contribution in [2.45, 2.75) is 32.8 Å². The van der Waals surface area contributed by atoms with Gasteiger partial charge < -0.3 is 20.1 Å². The van der Waals surface area contributed by atoms with Crippen LogP contribution in [0.3, 0.4) is 0 Å². The van der Waals surface area contributed by atoms with E-state index < -0.39 is 5.60 Å². The van der Waals surface area contributed by atoms with Gasteiger partial charge in [0.15, 0.2) is 11.6 Å². The predicted octanol–water partition coefficient (Wildman–Crippen LogP) is 2.46. The lowest BCUT2D eigenvalue weighted by atomic mass is 10.1. The normalized spacial score (nSPS) is 18.6. The van der Waals surface area contributed by atoms with Gasteiger partial charge in [0, 0.05) is 25.8 Å². The van der Waals surface area contributed by atoms with Crippen LogP contribution in [0.1, 0.15) is 27.2 Å². The molecule has 0 saturated carbocycles. The van der Waals surface area contributed by atoms with Gasteiger partial charge in [0.2, 0.25) is 0 Å². The molecule has 0 bridgehead atoms. The van der Waals surface area contributed by atoms with E-state index in [1.807, 2.05) is 20.8 Å². The second kappa shape index (κ2) is 6.20. The van der Waals surface area contributed by atoms with E-state index in [0.717, 1.165) is 6.42 Å². The van der Waals surface area contributed by atoms with Crippen molar-refractivity contribution in [3.63, 3.8) is 0 Å². The largest absolute Gasteiger partial charge is 0.504 e. The van der Waals surface area contributed by atoms with Gasteiger partial charge in [-0.15, -0.1) is 0 Å². The number of hydrogen-bond donors (Lipinski definition) is 2. The highest BCUT2D eigenvalue weighted by Gasteiger charge is 2.29. The van der Waals surface area contributed by atoms with Crippen molar-refractivity contribution < 1.29 is 14.6 Å². The van der Waals surface area contributed by atoms with E-state index >= 15 is 0 Å². The van der Waals surface area contributed by atoms with E-state index in [0.29, 0.717) is 31.4 Å². The van der Waals surface area contributed by atoms with Crippen LogP contribution in [0.2, 0.25) is 0 Å². The van der Waals surface area contributed by atoms with Gasteiger partial charge in [-0.25, -0.2) is 9.78 Å². The molecule has 0 spiro atoms. The lowest BCUT2D eigenvalue weighted by molar-refractivity contribution is 0.0289. The summed E-state index contributed by atoms with van der Waals surface area (Å²) in [6.45, 7) is 7.63. The van der Waals surface area contributed by atoms with Crippen molar-refractivity contribution in [1.29, 1.82) is 0 Å². The number of nitrogens with one attached hydrogen (secondary N) is 1. The van der Waals surface area contributed by atoms with Crippen LogP contribution in [0.15, 0.2) is 18.3 Å². The summed E-state index contributed by atoms with van der Waals surface area (Å²) in [4.78, 5) is 17.8. The van der Waals surface area contributed by atoms with Gasteiger partial charge in [0.05, 0.1) is 0 Å². The Kier molecular flexibility index (Phi) is 4.55. The van der Waals surface area contributed by atoms with Gasteiger partial charge in [-0.3, -0.25) is 0 Å². The van der Waals surface area contributed by atoms with Gasteiger partial charge in [-0.1, -0.05) is 0 Å². The molecule has 0 aliphatic carbocycles. The topological polar surface area (TPSA) is 74.7 Å².